The number of aliphatic carboxylic acids is 1. The first kappa shape index (κ1) is 66.3. The van der Waals surface area contributed by atoms with E-state index < -0.39 is 5.97 Å². The number of carboxylic acid groups (broad SMARTS) is 1. The number of hydrogen-bond acceptors (Lipinski definition) is 16. The van der Waals surface area contributed by atoms with Crippen molar-refractivity contribution in [1.82, 2.24) is 29.9 Å². The van der Waals surface area contributed by atoms with Crippen LogP contribution in [0.4, 0.5) is 0 Å². The summed E-state index contributed by atoms with van der Waals surface area (Å²) in [7, 11) is 0.637. The number of carboxylic acids is 1. The minimum Gasteiger partial charge on any atom is -0.507 e. The van der Waals surface area contributed by atoms with E-state index in [9.17, 15) is 24.9 Å². The average Bonchev–Trinajstić information content (AvgIpc) is 1.73. The molecule has 458 valence electrons. The van der Waals surface area contributed by atoms with Gasteiger partial charge in [0.15, 0.2) is 21.6 Å². The van der Waals surface area contributed by atoms with Gasteiger partial charge in [-0.1, -0.05) is 174 Å². The van der Waals surface area contributed by atoms with E-state index in [4.69, 9.17) is 46.9 Å². The van der Waals surface area contributed by atoms with Gasteiger partial charge in [0.05, 0.1) is 67.8 Å². The summed E-state index contributed by atoms with van der Waals surface area (Å²) in [6, 6.07) is 48.7. The second-order valence-corrected chi connectivity index (χ2v) is 26.3. The van der Waals surface area contributed by atoms with Gasteiger partial charge in [-0.05, 0) is 136 Å². The fraction of sp³-hybridized carbons (Fsp3) is 0.231. The number of nitrogens with zero attached hydrogens (tertiary/aromatic N) is 4. The molecule has 2 fully saturated rings. The van der Waals surface area contributed by atoms with E-state index in [2.05, 4.69) is 34.6 Å². The van der Waals surface area contributed by atoms with Crippen LogP contribution in [0.3, 0.4) is 0 Å². The SMILES string of the molecule is CC1(C)OB(c2ccc(-c3ccccc3O)cc2)OC1(C)C.CC1(C)OB(c2ccc(-c3ccccc3O)cc2)OC1(C)C.COC(=O)CSc1nc2nc(I)c(Cl)cc2[nH]1.O=C(O)CSc1nc2nc(-c3ccc(-c4ccccc4O)cc3)c(Cl)cc2[nH]1. The van der Waals surface area contributed by atoms with Crippen molar-refractivity contribution in [2.45, 2.75) is 88.1 Å². The van der Waals surface area contributed by atoms with Gasteiger partial charge in [-0.3, -0.25) is 9.59 Å². The molecule has 2 saturated heterocycles. The lowest BCUT2D eigenvalue weighted by Crippen LogP contribution is -2.41. The standard InChI is InChI=1S/C20H14ClN3O3S.2C18H21BO3.C9H7ClIN3O2S/c21-14-9-15-19(24-20(22-15)28-10-17(26)27)23-18(14)12-7-5-11(6-8-12)13-3-1-2-4-16(13)25;2*1-17(2)18(3,4)22-19(21-17)14-11-9-13(10-12-14)15-7-5-6-8-16(15)20;1-16-6(15)3-17-9-12-5-2-4(10)7(11)13-8(5)14-9/h1-9,25H,10H2,(H,26,27)(H,22,23,24);2*5-12,20H,1-4H3;2H,3H2,1H3,(H,12,13,14). The van der Waals surface area contributed by atoms with Gasteiger partial charge in [0, 0.05) is 22.3 Å². The smallest absolute Gasteiger partial charge is 0.494 e. The summed E-state index contributed by atoms with van der Waals surface area (Å²) in [4.78, 5) is 45.1. The Balaban J connectivity index is 0.000000143. The Kier molecular flexibility index (Phi) is 20.8. The van der Waals surface area contributed by atoms with Crippen LogP contribution >= 0.6 is 69.3 Å². The fourth-order valence-corrected chi connectivity index (χ4v) is 11.1. The van der Waals surface area contributed by atoms with Crippen LogP contribution in [0.1, 0.15) is 55.4 Å². The number of para-hydroxylation sites is 3. The van der Waals surface area contributed by atoms with Crippen LogP contribution in [0.25, 0.3) is 67.0 Å². The highest BCUT2D eigenvalue weighted by atomic mass is 127. The van der Waals surface area contributed by atoms with E-state index in [1.54, 1.807) is 36.4 Å². The van der Waals surface area contributed by atoms with E-state index in [0.717, 1.165) is 67.1 Å². The molecule has 0 radical (unpaired) electrons. The maximum atomic E-state index is 11.0. The third kappa shape index (κ3) is 15.9. The molecule has 0 bridgehead atoms. The second-order valence-electron chi connectivity index (χ2n) is 22.5. The van der Waals surface area contributed by atoms with Gasteiger partial charge in [-0.15, -0.1) is 0 Å². The van der Waals surface area contributed by atoms with Crippen LogP contribution in [0.15, 0.2) is 168 Å². The molecule has 6 aromatic carbocycles. The molecule has 6 heterocycles. The van der Waals surface area contributed by atoms with E-state index >= 15 is 0 Å². The molecule has 6 N–H and O–H groups in total. The summed E-state index contributed by atoms with van der Waals surface area (Å²) in [5.41, 5.74) is 9.68. The number of phenols is 3. The molecule has 0 atom stereocenters. The molecular formula is C65H63B2Cl2IN6O11S2. The van der Waals surface area contributed by atoms with Crippen molar-refractivity contribution in [3.8, 4) is 61.9 Å². The molecule has 0 aliphatic carbocycles. The van der Waals surface area contributed by atoms with Crippen molar-refractivity contribution in [3.63, 3.8) is 0 Å². The number of carbonyl (C=O) groups is 2. The zero-order valence-electron chi connectivity index (χ0n) is 50.0. The van der Waals surface area contributed by atoms with Crippen molar-refractivity contribution in [3.05, 3.63) is 171 Å². The average molecular weight is 1390 g/mol. The van der Waals surface area contributed by atoms with E-state index in [-0.39, 0.29) is 71.4 Å². The number of phenolic OH excluding ortho intramolecular Hbond substituents is 3. The quantitative estimate of drug-likeness (QED) is 0.0219. The Bertz CT molecular complexity index is 3970. The summed E-state index contributed by atoms with van der Waals surface area (Å²) in [5, 5.41) is 40.8. The number of ether oxygens (including phenoxy) is 1. The van der Waals surface area contributed by atoms with Gasteiger partial charge in [0.1, 0.15) is 20.9 Å². The number of aromatic nitrogens is 6. The number of thioether (sulfide) groups is 2. The molecule has 0 spiro atoms. The third-order valence-corrected chi connectivity index (χ3v) is 18.8. The highest BCUT2D eigenvalue weighted by Crippen LogP contribution is 2.39. The number of imidazole rings is 2. The Morgan fingerprint density at radius 2 is 0.865 bits per heavy atom. The number of aromatic hydroxyl groups is 3. The first-order chi connectivity index (χ1) is 42.2. The van der Waals surface area contributed by atoms with E-state index in [1.165, 1.54) is 18.9 Å². The number of esters is 1. The van der Waals surface area contributed by atoms with Gasteiger partial charge in [0.25, 0.3) is 0 Å². The van der Waals surface area contributed by atoms with Crippen molar-refractivity contribution in [2.24, 2.45) is 0 Å². The number of fused-ring (bicyclic) bond motifs is 2. The van der Waals surface area contributed by atoms with Crippen LogP contribution in [0, 0.1) is 3.70 Å². The highest BCUT2D eigenvalue weighted by Gasteiger charge is 2.52. The molecular weight excluding hydrogens is 1320 g/mol. The Morgan fingerprint density at radius 3 is 1.25 bits per heavy atom. The number of methoxy groups -OCH3 is 1. The first-order valence-corrected chi connectivity index (χ1v) is 31.7. The number of aromatic amines is 2. The molecule has 0 amide bonds. The van der Waals surface area contributed by atoms with E-state index in [1.807, 2.05) is 199 Å². The monoisotopic (exact) mass is 1390 g/mol. The zero-order chi connectivity index (χ0) is 64.0. The van der Waals surface area contributed by atoms with Gasteiger partial charge >= 0.3 is 26.2 Å². The molecule has 4 aromatic heterocycles. The Morgan fingerprint density at radius 1 is 0.517 bits per heavy atom. The van der Waals surface area contributed by atoms with Crippen LogP contribution < -0.4 is 10.9 Å². The maximum absolute atomic E-state index is 11.0. The Hall–Kier alpha value is -7.12. The second kappa shape index (κ2) is 28.0. The van der Waals surface area contributed by atoms with Gasteiger partial charge in [-0.25, -0.2) is 19.9 Å². The van der Waals surface area contributed by atoms with E-state index in [0.29, 0.717) is 46.6 Å². The molecule has 12 rings (SSSR count). The molecule has 2 aliphatic rings. The molecule has 89 heavy (non-hydrogen) atoms. The number of hydrogen-bond donors (Lipinski definition) is 6. The Labute approximate surface area is 548 Å². The number of rotatable bonds is 12. The van der Waals surface area contributed by atoms with Crippen LogP contribution in [0.5, 0.6) is 17.2 Å². The summed E-state index contributed by atoms with van der Waals surface area (Å²) < 4.78 is 29.4. The van der Waals surface area contributed by atoms with Gasteiger partial charge < -0.3 is 53.7 Å². The predicted molar refractivity (Wildman–Crippen MR) is 363 cm³/mol. The number of nitrogens with one attached hydrogen (secondary N) is 2. The molecule has 0 saturated carbocycles. The molecule has 2 aliphatic heterocycles. The van der Waals surface area contributed by atoms with Crippen LogP contribution in [-0.2, 0) is 32.9 Å². The fourth-order valence-electron chi connectivity index (χ4n) is 8.98. The zero-order valence-corrected chi connectivity index (χ0v) is 55.3. The molecule has 17 nitrogen and oxygen atoms in total. The lowest BCUT2D eigenvalue weighted by Gasteiger charge is -2.32. The van der Waals surface area contributed by atoms with Crippen molar-refractivity contribution in [1.29, 1.82) is 0 Å². The number of halogens is 3. The lowest BCUT2D eigenvalue weighted by atomic mass is 9.78. The topological polar surface area (TPSA) is 244 Å². The van der Waals surface area contributed by atoms with Crippen molar-refractivity contribution in [2.75, 3.05) is 18.6 Å². The van der Waals surface area contributed by atoms with Crippen molar-refractivity contribution < 1.29 is 53.4 Å². The predicted octanol–water partition coefficient (Wildman–Crippen LogP) is 14.0. The summed E-state index contributed by atoms with van der Waals surface area (Å²) in [6.45, 7) is 16.4. The van der Waals surface area contributed by atoms with Crippen LogP contribution in [-0.4, -0.2) is 118 Å². The number of benzene rings is 6. The minimum absolute atomic E-state index is 0.0891. The summed E-state index contributed by atoms with van der Waals surface area (Å²) in [5.74, 6) is -0.305. The van der Waals surface area contributed by atoms with Crippen LogP contribution in [0.2, 0.25) is 10.0 Å². The first-order valence-electron chi connectivity index (χ1n) is 27.9. The largest absolute Gasteiger partial charge is 0.507 e. The number of H-pyrrole nitrogens is 2. The normalized spacial score (nSPS) is 15.1. The number of carbonyl (C=O) groups excluding carboxylic acids is 1. The molecule has 10 aromatic rings. The van der Waals surface area contributed by atoms with Gasteiger partial charge in [0.2, 0.25) is 0 Å². The molecule has 24 heteroatoms. The maximum Gasteiger partial charge on any atom is 0.494 e. The summed E-state index contributed by atoms with van der Waals surface area (Å²) >= 11 is 16.7. The molecule has 0 unspecified atom stereocenters. The lowest BCUT2D eigenvalue weighted by molar-refractivity contribution is -0.137. The highest BCUT2D eigenvalue weighted by molar-refractivity contribution is 14.1. The van der Waals surface area contributed by atoms with Gasteiger partial charge in [-0.2, -0.15) is 0 Å². The number of pyridine rings is 2. The summed E-state index contributed by atoms with van der Waals surface area (Å²) in [6.07, 6.45) is 0. The third-order valence-electron chi connectivity index (χ3n) is 15.3. The van der Waals surface area contributed by atoms with Crippen molar-refractivity contribution >= 4 is 129 Å². The minimum atomic E-state index is -0.915.